The molecule has 2 unspecified atom stereocenters. The normalized spacial score (nSPS) is 20.6. The van der Waals surface area contributed by atoms with E-state index in [1.807, 2.05) is 18.2 Å². The third-order valence-corrected chi connectivity index (χ3v) is 13.7. The van der Waals surface area contributed by atoms with Gasteiger partial charge in [0, 0.05) is 41.7 Å². The Labute approximate surface area is 362 Å². The molecule has 6 aromatic rings. The van der Waals surface area contributed by atoms with Crippen LogP contribution >= 0.6 is 0 Å². The molecule has 0 amide bonds. The Kier molecular flexibility index (Phi) is 8.86. The summed E-state index contributed by atoms with van der Waals surface area (Å²) in [7, 11) is 3.22. The van der Waals surface area contributed by atoms with Gasteiger partial charge in [-0.15, -0.1) is 0 Å². The zero-order valence-corrected chi connectivity index (χ0v) is 36.1. The lowest BCUT2D eigenvalue weighted by Gasteiger charge is -2.47. The Morgan fingerprint density at radius 2 is 1.03 bits per heavy atom. The fourth-order valence-electron chi connectivity index (χ4n) is 10.3. The molecular formula is C53H49N3O6. The Morgan fingerprint density at radius 1 is 0.597 bits per heavy atom. The van der Waals surface area contributed by atoms with Crippen LogP contribution in [0.25, 0.3) is 23.3 Å². The van der Waals surface area contributed by atoms with Gasteiger partial charge in [0.2, 0.25) is 11.4 Å². The molecule has 0 aliphatic carbocycles. The van der Waals surface area contributed by atoms with Crippen LogP contribution in [0.1, 0.15) is 66.6 Å². The van der Waals surface area contributed by atoms with Gasteiger partial charge in [-0.1, -0.05) is 84.9 Å². The highest BCUT2D eigenvalue weighted by Crippen LogP contribution is 2.58. The van der Waals surface area contributed by atoms with Gasteiger partial charge in [0.15, 0.2) is 23.0 Å². The molecule has 0 saturated carbocycles. The lowest BCUT2D eigenvalue weighted by atomic mass is 9.76. The van der Waals surface area contributed by atoms with Gasteiger partial charge in [-0.05, 0) is 122 Å². The van der Waals surface area contributed by atoms with Crippen LogP contribution in [0.15, 0.2) is 133 Å². The number of fused-ring (bicyclic) bond motifs is 4. The quantitative estimate of drug-likeness (QED) is 0.111. The largest absolute Gasteiger partial charge is 0.493 e. The van der Waals surface area contributed by atoms with Crippen molar-refractivity contribution in [3.63, 3.8) is 0 Å². The zero-order valence-electron chi connectivity index (χ0n) is 36.1. The molecule has 0 aromatic heterocycles. The summed E-state index contributed by atoms with van der Waals surface area (Å²) in [5.41, 5.74) is 9.28. The van der Waals surface area contributed by atoms with Crippen molar-refractivity contribution in [3.8, 4) is 34.1 Å². The highest BCUT2D eigenvalue weighted by atomic mass is 16.6. The van der Waals surface area contributed by atoms with E-state index in [9.17, 15) is 10.1 Å². The van der Waals surface area contributed by atoms with Crippen molar-refractivity contribution in [1.82, 2.24) is 0 Å². The summed E-state index contributed by atoms with van der Waals surface area (Å²) in [5, 5.41) is 11.7. The number of hydrogen-bond acceptors (Lipinski definition) is 8. The van der Waals surface area contributed by atoms with Crippen LogP contribution < -0.4 is 28.7 Å². The molecule has 4 aliphatic heterocycles. The van der Waals surface area contributed by atoms with Crippen molar-refractivity contribution in [2.24, 2.45) is 0 Å². The van der Waals surface area contributed by atoms with Crippen LogP contribution in [0.5, 0.6) is 23.0 Å². The summed E-state index contributed by atoms with van der Waals surface area (Å²) in [5.74, 6) is 2.32. The smallest absolute Gasteiger partial charge is 0.274 e. The molecular weight excluding hydrogens is 775 g/mol. The summed E-state index contributed by atoms with van der Waals surface area (Å²) in [6, 6.07) is 41.8. The van der Waals surface area contributed by atoms with Crippen molar-refractivity contribution in [3.05, 3.63) is 183 Å². The van der Waals surface area contributed by atoms with Crippen LogP contribution in [0, 0.1) is 17.0 Å². The highest BCUT2D eigenvalue weighted by Gasteiger charge is 2.60. The fourth-order valence-corrected chi connectivity index (χ4v) is 10.3. The summed E-state index contributed by atoms with van der Waals surface area (Å²) in [4.78, 5) is 16.0. The van der Waals surface area contributed by atoms with Gasteiger partial charge in [0.25, 0.3) is 5.69 Å². The second kappa shape index (κ2) is 14.0. The third kappa shape index (κ3) is 5.67. The van der Waals surface area contributed by atoms with Crippen molar-refractivity contribution < 1.29 is 23.9 Å². The standard InChI is InChI=1S/C53H49N3O6/c1-34-28-39-24-26-52(61-48(39)46(29-34)59-6)50(2,3)42-12-8-10-14-44(42)54(52)32-35-16-20-37(21-17-35)38-22-18-36(19-23-38)33-55-45-15-11-9-13-43(45)51(4,5)53(55)27-25-40-30-41(56(57)58)31-47(60-7)49(40)62-53/h8-31H,32-33H2,1-7H3. The first kappa shape index (κ1) is 39.2. The molecule has 9 nitrogen and oxygen atoms in total. The molecule has 0 fully saturated rings. The van der Waals surface area contributed by atoms with E-state index in [0.29, 0.717) is 30.2 Å². The average Bonchev–Trinajstić information content (AvgIpc) is 3.56. The first-order chi connectivity index (χ1) is 29.8. The molecule has 2 atom stereocenters. The zero-order chi connectivity index (χ0) is 43.2. The lowest BCUT2D eigenvalue weighted by molar-refractivity contribution is -0.385. The number of anilines is 2. The summed E-state index contributed by atoms with van der Waals surface area (Å²) < 4.78 is 25.7. The SMILES string of the molecule is COc1cc(C)cc2c1OC1(C=C2)N(Cc2ccc(-c3ccc(CN4c5ccccc5C(C)(C)C45C=Cc4cc([N+](=O)[O-])cc(OC)c4O5)cc3)cc2)c2ccccc2C1(C)C. The minimum Gasteiger partial charge on any atom is -0.493 e. The summed E-state index contributed by atoms with van der Waals surface area (Å²) in [6.45, 7) is 12.2. The molecule has 62 heavy (non-hydrogen) atoms. The number of aryl methyl sites for hydroxylation is 1. The lowest BCUT2D eigenvalue weighted by Crippen LogP contribution is -2.59. The van der Waals surface area contributed by atoms with Crippen LogP contribution in [-0.4, -0.2) is 30.6 Å². The van der Waals surface area contributed by atoms with Gasteiger partial charge in [-0.2, -0.15) is 0 Å². The molecule has 0 radical (unpaired) electrons. The van der Waals surface area contributed by atoms with Crippen LogP contribution in [0.4, 0.5) is 17.1 Å². The molecule has 0 saturated heterocycles. The van der Waals surface area contributed by atoms with Crippen molar-refractivity contribution in [1.29, 1.82) is 0 Å². The second-order valence-electron chi connectivity index (χ2n) is 17.8. The van der Waals surface area contributed by atoms with E-state index in [-0.39, 0.29) is 11.1 Å². The van der Waals surface area contributed by atoms with Crippen molar-refractivity contribution in [2.75, 3.05) is 24.0 Å². The Balaban J connectivity index is 0.929. The van der Waals surface area contributed by atoms with E-state index >= 15 is 0 Å². The Morgan fingerprint density at radius 3 is 1.48 bits per heavy atom. The van der Waals surface area contributed by atoms with Crippen molar-refractivity contribution in [2.45, 2.75) is 70.0 Å². The van der Waals surface area contributed by atoms with Gasteiger partial charge >= 0.3 is 0 Å². The maximum atomic E-state index is 11.7. The highest BCUT2D eigenvalue weighted by molar-refractivity contribution is 5.77. The number of ether oxygens (including phenoxy) is 4. The van der Waals surface area contributed by atoms with E-state index in [0.717, 1.165) is 56.3 Å². The Hall–Kier alpha value is -7.00. The van der Waals surface area contributed by atoms with Gasteiger partial charge in [0.05, 0.1) is 36.0 Å². The Bertz CT molecular complexity index is 2840. The first-order valence-electron chi connectivity index (χ1n) is 21.0. The van der Waals surface area contributed by atoms with Gasteiger partial charge in [-0.3, -0.25) is 10.1 Å². The van der Waals surface area contributed by atoms with E-state index in [1.165, 1.54) is 30.4 Å². The number of methoxy groups -OCH3 is 2. The fraction of sp³-hybridized carbons (Fsp3) is 0.245. The third-order valence-electron chi connectivity index (χ3n) is 13.7. The minimum absolute atomic E-state index is 0.0467. The number of rotatable bonds is 8. The van der Waals surface area contributed by atoms with E-state index in [2.05, 4.69) is 160 Å². The topological polar surface area (TPSA) is 86.5 Å². The number of non-ortho nitro benzene ring substituents is 1. The van der Waals surface area contributed by atoms with Gasteiger partial charge in [-0.25, -0.2) is 0 Å². The maximum absolute atomic E-state index is 11.7. The molecule has 0 N–H and O–H groups in total. The number of nitro benzene ring substituents is 1. The first-order valence-corrected chi connectivity index (χ1v) is 21.0. The van der Waals surface area contributed by atoms with Crippen LogP contribution in [0.2, 0.25) is 0 Å². The number of para-hydroxylation sites is 2. The molecule has 4 heterocycles. The second-order valence-corrected chi connectivity index (χ2v) is 17.8. The number of benzene rings is 6. The summed E-state index contributed by atoms with van der Waals surface area (Å²) >= 11 is 0. The van der Waals surface area contributed by atoms with Gasteiger partial charge in [0.1, 0.15) is 0 Å². The minimum atomic E-state index is -0.932. The molecule has 312 valence electrons. The van der Waals surface area contributed by atoms with E-state index in [1.54, 1.807) is 7.11 Å². The predicted octanol–water partition coefficient (Wildman–Crippen LogP) is 11.8. The van der Waals surface area contributed by atoms with Crippen molar-refractivity contribution >= 4 is 29.2 Å². The molecule has 0 bridgehead atoms. The molecule has 9 heteroatoms. The van der Waals surface area contributed by atoms with Crippen LogP contribution in [0.3, 0.4) is 0 Å². The molecule has 2 spiro atoms. The average molecular weight is 824 g/mol. The number of hydrogen-bond donors (Lipinski definition) is 0. The van der Waals surface area contributed by atoms with Crippen LogP contribution in [-0.2, 0) is 23.9 Å². The molecule has 4 aliphatic rings. The predicted molar refractivity (Wildman–Crippen MR) is 245 cm³/mol. The molecule has 6 aromatic carbocycles. The monoisotopic (exact) mass is 823 g/mol. The molecule has 10 rings (SSSR count). The number of nitrogens with zero attached hydrogens (tertiary/aromatic N) is 3. The van der Waals surface area contributed by atoms with E-state index in [4.69, 9.17) is 18.9 Å². The van der Waals surface area contributed by atoms with Gasteiger partial charge < -0.3 is 28.7 Å². The summed E-state index contributed by atoms with van der Waals surface area (Å²) in [6.07, 6.45) is 8.40. The van der Waals surface area contributed by atoms with E-state index < -0.39 is 21.8 Å². The maximum Gasteiger partial charge on any atom is 0.274 e. The number of nitro groups is 1.